The lowest BCUT2D eigenvalue weighted by atomic mass is 10.1. The molecule has 0 unspecified atom stereocenters. The molecule has 0 bridgehead atoms. The maximum absolute atomic E-state index is 11.6. The molecule has 6 nitrogen and oxygen atoms in total. The second-order valence-corrected chi connectivity index (χ2v) is 4.69. The number of nitrogens with zero attached hydrogens (tertiary/aromatic N) is 1. The monoisotopic (exact) mass is 277 g/mol. The zero-order chi connectivity index (χ0) is 14.2. The highest BCUT2D eigenvalue weighted by atomic mass is 16.7. The van der Waals surface area contributed by atoms with E-state index in [1.165, 1.54) is 0 Å². The Kier molecular flexibility index (Phi) is 5.52. The number of benzene rings is 1. The summed E-state index contributed by atoms with van der Waals surface area (Å²) >= 11 is 0. The molecular weight excluding hydrogens is 258 g/mol. The number of hydroxylamine groups is 1. The van der Waals surface area contributed by atoms with Crippen LogP contribution in [0.25, 0.3) is 0 Å². The summed E-state index contributed by atoms with van der Waals surface area (Å²) in [6.07, 6.45) is 0.196. The number of amides is 1. The van der Waals surface area contributed by atoms with E-state index in [1.807, 2.05) is 35.2 Å². The molecule has 108 valence electrons. The fourth-order valence-corrected chi connectivity index (χ4v) is 2.02. The number of hydrogen-bond donors (Lipinski definition) is 2. The van der Waals surface area contributed by atoms with Crippen LogP contribution in [0, 0.1) is 0 Å². The summed E-state index contributed by atoms with van der Waals surface area (Å²) in [5, 5.41) is 3.20. The van der Waals surface area contributed by atoms with Crippen LogP contribution in [0.3, 0.4) is 0 Å². The molecule has 1 saturated heterocycles. The Bertz CT molecular complexity index is 444. The Labute approximate surface area is 118 Å². The topological polar surface area (TPSA) is 70.7 Å². The first-order chi connectivity index (χ1) is 9.74. The molecule has 1 aliphatic heterocycles. The molecule has 1 amide bonds. The van der Waals surface area contributed by atoms with Crippen LogP contribution < -0.4 is 10.8 Å². The van der Waals surface area contributed by atoms with Gasteiger partial charge in [-0.25, -0.2) is 4.79 Å². The molecule has 0 saturated carbocycles. The second kappa shape index (κ2) is 7.62. The van der Waals surface area contributed by atoms with E-state index >= 15 is 0 Å². The molecule has 2 N–H and O–H groups in total. The van der Waals surface area contributed by atoms with Crippen molar-refractivity contribution in [3.63, 3.8) is 0 Å². The highest BCUT2D eigenvalue weighted by molar-refractivity contribution is 5.80. The number of carbonyl (C=O) groups is 2. The average molecular weight is 277 g/mol. The zero-order valence-electron chi connectivity index (χ0n) is 11.3. The van der Waals surface area contributed by atoms with E-state index in [1.54, 1.807) is 0 Å². The maximum atomic E-state index is 11.6. The van der Waals surface area contributed by atoms with Gasteiger partial charge in [0.05, 0.1) is 13.0 Å². The third kappa shape index (κ3) is 4.99. The minimum absolute atomic E-state index is 0.196. The summed E-state index contributed by atoms with van der Waals surface area (Å²) in [6.45, 7) is 3.56. The van der Waals surface area contributed by atoms with Gasteiger partial charge >= 0.3 is 5.97 Å². The van der Waals surface area contributed by atoms with Crippen molar-refractivity contribution in [2.45, 2.75) is 6.42 Å². The SMILES string of the molecule is O=C(Cc1ccccc1)NOC(=O)CN1CCNCC1. The summed E-state index contributed by atoms with van der Waals surface area (Å²) in [5.41, 5.74) is 3.07. The Morgan fingerprint density at radius 3 is 2.60 bits per heavy atom. The van der Waals surface area contributed by atoms with Gasteiger partial charge in [0.25, 0.3) is 5.91 Å². The van der Waals surface area contributed by atoms with Crippen molar-refractivity contribution in [2.75, 3.05) is 32.7 Å². The Morgan fingerprint density at radius 2 is 1.90 bits per heavy atom. The van der Waals surface area contributed by atoms with Crippen LogP contribution in [0.4, 0.5) is 0 Å². The minimum atomic E-state index is -0.437. The summed E-state index contributed by atoms with van der Waals surface area (Å²) in [5.74, 6) is -0.766. The van der Waals surface area contributed by atoms with Gasteiger partial charge < -0.3 is 10.2 Å². The smallest absolute Gasteiger partial charge is 0.339 e. The van der Waals surface area contributed by atoms with Gasteiger partial charge in [-0.1, -0.05) is 30.3 Å². The Balaban J connectivity index is 1.66. The van der Waals surface area contributed by atoms with E-state index in [9.17, 15) is 9.59 Å². The Morgan fingerprint density at radius 1 is 1.20 bits per heavy atom. The van der Waals surface area contributed by atoms with Crippen LogP contribution >= 0.6 is 0 Å². The molecule has 0 aromatic heterocycles. The summed E-state index contributed by atoms with van der Waals surface area (Å²) in [4.78, 5) is 29.9. The lowest BCUT2D eigenvalue weighted by Crippen LogP contribution is -2.46. The van der Waals surface area contributed by atoms with Crippen LogP contribution in [0.15, 0.2) is 30.3 Å². The molecule has 0 radical (unpaired) electrons. The van der Waals surface area contributed by atoms with Crippen molar-refractivity contribution in [1.82, 2.24) is 15.7 Å². The van der Waals surface area contributed by atoms with E-state index in [2.05, 4.69) is 10.8 Å². The molecule has 2 rings (SSSR count). The van der Waals surface area contributed by atoms with Crippen molar-refractivity contribution in [3.05, 3.63) is 35.9 Å². The predicted molar refractivity (Wildman–Crippen MR) is 73.7 cm³/mol. The third-order valence-electron chi connectivity index (χ3n) is 3.05. The Hall–Kier alpha value is -1.92. The normalized spacial score (nSPS) is 15.6. The first-order valence-electron chi connectivity index (χ1n) is 6.69. The van der Waals surface area contributed by atoms with E-state index in [0.29, 0.717) is 0 Å². The van der Waals surface area contributed by atoms with Crippen molar-refractivity contribution in [2.24, 2.45) is 0 Å². The summed E-state index contributed by atoms with van der Waals surface area (Å²) < 4.78 is 0. The molecule has 0 aliphatic carbocycles. The van der Waals surface area contributed by atoms with Crippen LogP contribution in [-0.4, -0.2) is 49.5 Å². The van der Waals surface area contributed by atoms with E-state index in [4.69, 9.17) is 4.84 Å². The number of hydrogen-bond acceptors (Lipinski definition) is 5. The second-order valence-electron chi connectivity index (χ2n) is 4.69. The third-order valence-corrected chi connectivity index (χ3v) is 3.05. The van der Waals surface area contributed by atoms with Crippen molar-refractivity contribution in [3.8, 4) is 0 Å². The van der Waals surface area contributed by atoms with Gasteiger partial charge in [0, 0.05) is 26.2 Å². The molecular formula is C14H19N3O3. The molecule has 1 heterocycles. The van der Waals surface area contributed by atoms with Crippen LogP contribution in [0.5, 0.6) is 0 Å². The average Bonchev–Trinajstić information content (AvgIpc) is 2.47. The van der Waals surface area contributed by atoms with Gasteiger partial charge in [0.15, 0.2) is 0 Å². The van der Waals surface area contributed by atoms with Gasteiger partial charge in [-0.2, -0.15) is 5.48 Å². The first-order valence-corrected chi connectivity index (χ1v) is 6.69. The molecule has 1 fully saturated rings. The van der Waals surface area contributed by atoms with E-state index in [-0.39, 0.29) is 18.9 Å². The van der Waals surface area contributed by atoms with Crippen LogP contribution in [-0.2, 0) is 20.8 Å². The highest BCUT2D eigenvalue weighted by Crippen LogP contribution is 1.99. The lowest BCUT2D eigenvalue weighted by molar-refractivity contribution is -0.159. The predicted octanol–water partition coefficient (Wildman–Crippen LogP) is -0.291. The highest BCUT2D eigenvalue weighted by Gasteiger charge is 2.15. The summed E-state index contributed by atoms with van der Waals surface area (Å²) in [7, 11) is 0. The van der Waals surface area contributed by atoms with Gasteiger partial charge in [0.2, 0.25) is 0 Å². The molecule has 0 atom stereocenters. The molecule has 1 aromatic rings. The number of rotatable bonds is 4. The van der Waals surface area contributed by atoms with Crippen LogP contribution in [0.1, 0.15) is 5.56 Å². The van der Waals surface area contributed by atoms with Crippen molar-refractivity contribution in [1.29, 1.82) is 0 Å². The summed E-state index contributed by atoms with van der Waals surface area (Å²) in [6, 6.07) is 9.30. The van der Waals surface area contributed by atoms with Gasteiger partial charge in [-0.15, -0.1) is 0 Å². The van der Waals surface area contributed by atoms with Crippen molar-refractivity contribution >= 4 is 11.9 Å². The lowest BCUT2D eigenvalue weighted by Gasteiger charge is -2.25. The first kappa shape index (κ1) is 14.5. The van der Waals surface area contributed by atoms with E-state index < -0.39 is 5.97 Å². The van der Waals surface area contributed by atoms with Crippen molar-refractivity contribution < 1.29 is 14.4 Å². The number of nitrogens with one attached hydrogen (secondary N) is 2. The van der Waals surface area contributed by atoms with Gasteiger partial charge in [-0.3, -0.25) is 9.69 Å². The largest absolute Gasteiger partial charge is 0.346 e. The maximum Gasteiger partial charge on any atom is 0.346 e. The van der Waals surface area contributed by atoms with Gasteiger partial charge in [0.1, 0.15) is 0 Å². The van der Waals surface area contributed by atoms with Gasteiger partial charge in [-0.05, 0) is 5.56 Å². The number of piperazine rings is 1. The fourth-order valence-electron chi connectivity index (χ4n) is 2.02. The fraction of sp³-hybridized carbons (Fsp3) is 0.429. The molecule has 1 aliphatic rings. The molecule has 6 heteroatoms. The van der Waals surface area contributed by atoms with E-state index in [0.717, 1.165) is 31.7 Å². The minimum Gasteiger partial charge on any atom is -0.339 e. The standard InChI is InChI=1S/C14H19N3O3/c18-13(10-12-4-2-1-3-5-12)16-20-14(19)11-17-8-6-15-7-9-17/h1-5,15H,6-11H2,(H,16,18). The molecule has 1 aromatic carbocycles. The van der Waals surface area contributed by atoms with Crippen LogP contribution in [0.2, 0.25) is 0 Å². The zero-order valence-corrected chi connectivity index (χ0v) is 11.3. The molecule has 20 heavy (non-hydrogen) atoms. The number of carbonyl (C=O) groups excluding carboxylic acids is 2. The quantitative estimate of drug-likeness (QED) is 0.740. The molecule has 0 spiro atoms.